The topological polar surface area (TPSA) is 15.6 Å². The summed E-state index contributed by atoms with van der Waals surface area (Å²) in [6.07, 6.45) is 7.79. The van der Waals surface area contributed by atoms with E-state index < -0.39 is 0 Å². The summed E-state index contributed by atoms with van der Waals surface area (Å²) in [6.45, 7) is 6.17. The standard InChI is InChI=1S/C12H18N2/c1-5-12(2)10-8-6-7-9(10)11(12)13-14(3)4/h5-6,8-10H,1,7H2,2-4H3/b13-11+/t9-,10+,12-/m1/s1. The lowest BCUT2D eigenvalue weighted by Gasteiger charge is -2.49. The molecule has 0 spiro atoms. The van der Waals surface area contributed by atoms with Crippen LogP contribution in [0.15, 0.2) is 29.9 Å². The van der Waals surface area contributed by atoms with Crippen LogP contribution in [0.5, 0.6) is 0 Å². The fourth-order valence-electron chi connectivity index (χ4n) is 2.66. The van der Waals surface area contributed by atoms with E-state index in [4.69, 9.17) is 0 Å². The maximum atomic E-state index is 4.59. The third-order valence-electron chi connectivity index (χ3n) is 3.49. The number of allylic oxidation sites excluding steroid dienone is 3. The van der Waals surface area contributed by atoms with Gasteiger partial charge in [-0.1, -0.05) is 25.2 Å². The summed E-state index contributed by atoms with van der Waals surface area (Å²) in [5, 5.41) is 6.48. The van der Waals surface area contributed by atoms with Crippen molar-refractivity contribution in [2.24, 2.45) is 22.4 Å². The lowest BCUT2D eigenvalue weighted by atomic mass is 9.54. The Bertz CT molecular complexity index is 314. The van der Waals surface area contributed by atoms with Crippen molar-refractivity contribution in [3.8, 4) is 0 Å². The van der Waals surface area contributed by atoms with Crippen LogP contribution in [0.4, 0.5) is 0 Å². The van der Waals surface area contributed by atoms with Gasteiger partial charge < -0.3 is 5.01 Å². The first-order valence-electron chi connectivity index (χ1n) is 5.16. The Morgan fingerprint density at radius 3 is 2.93 bits per heavy atom. The van der Waals surface area contributed by atoms with Gasteiger partial charge in [-0.15, -0.1) is 6.58 Å². The van der Waals surface area contributed by atoms with Gasteiger partial charge in [0.25, 0.3) is 0 Å². The largest absolute Gasteiger partial charge is 0.303 e. The van der Waals surface area contributed by atoms with Crippen LogP contribution in [0, 0.1) is 17.3 Å². The highest BCUT2D eigenvalue weighted by atomic mass is 15.4. The van der Waals surface area contributed by atoms with Gasteiger partial charge in [-0.25, -0.2) is 0 Å². The molecule has 1 saturated carbocycles. The smallest absolute Gasteiger partial charge is 0.0523 e. The molecule has 2 nitrogen and oxygen atoms in total. The number of fused-ring (bicyclic) bond motifs is 1. The molecule has 0 N–H and O–H groups in total. The van der Waals surface area contributed by atoms with Gasteiger partial charge in [0.1, 0.15) is 0 Å². The van der Waals surface area contributed by atoms with Crippen molar-refractivity contribution in [3.05, 3.63) is 24.8 Å². The van der Waals surface area contributed by atoms with Crippen molar-refractivity contribution >= 4 is 5.71 Å². The SMILES string of the molecule is C=C[C@@]1(C)/C(=N/N(C)C)[C@@H]2CC=C[C@@H]21. The van der Waals surface area contributed by atoms with Crippen LogP contribution in [-0.2, 0) is 0 Å². The van der Waals surface area contributed by atoms with E-state index in [-0.39, 0.29) is 5.41 Å². The average molecular weight is 190 g/mol. The average Bonchev–Trinajstić information content (AvgIpc) is 2.58. The number of hydrazone groups is 1. The minimum absolute atomic E-state index is 0.0991. The zero-order valence-corrected chi connectivity index (χ0v) is 9.20. The van der Waals surface area contributed by atoms with Gasteiger partial charge in [0.05, 0.1) is 5.71 Å². The molecule has 0 saturated heterocycles. The van der Waals surface area contributed by atoms with Crippen LogP contribution in [-0.4, -0.2) is 24.8 Å². The second kappa shape index (κ2) is 2.97. The molecule has 0 radical (unpaired) electrons. The molecule has 2 rings (SSSR count). The monoisotopic (exact) mass is 190 g/mol. The first-order chi connectivity index (χ1) is 6.59. The molecule has 0 aliphatic heterocycles. The molecule has 3 atom stereocenters. The quantitative estimate of drug-likeness (QED) is 0.482. The molecule has 0 bridgehead atoms. The normalized spacial score (nSPS) is 42.1. The van der Waals surface area contributed by atoms with E-state index in [2.05, 4.69) is 30.8 Å². The van der Waals surface area contributed by atoms with Crippen LogP contribution in [0.2, 0.25) is 0 Å². The lowest BCUT2D eigenvalue weighted by molar-refractivity contribution is 0.258. The highest BCUT2D eigenvalue weighted by molar-refractivity contribution is 6.01. The van der Waals surface area contributed by atoms with Crippen molar-refractivity contribution in [1.29, 1.82) is 0 Å². The summed E-state index contributed by atoms with van der Waals surface area (Å²) in [4.78, 5) is 0. The van der Waals surface area contributed by atoms with E-state index in [9.17, 15) is 0 Å². The highest BCUT2D eigenvalue weighted by Gasteiger charge is 2.54. The van der Waals surface area contributed by atoms with Crippen molar-refractivity contribution in [3.63, 3.8) is 0 Å². The Balaban J connectivity index is 2.30. The van der Waals surface area contributed by atoms with Crippen molar-refractivity contribution in [2.75, 3.05) is 14.1 Å². The summed E-state index contributed by atoms with van der Waals surface area (Å²) in [5.74, 6) is 1.28. The van der Waals surface area contributed by atoms with E-state index in [1.165, 1.54) is 5.71 Å². The van der Waals surface area contributed by atoms with Crippen LogP contribution in [0.3, 0.4) is 0 Å². The van der Waals surface area contributed by atoms with Crippen molar-refractivity contribution < 1.29 is 0 Å². The summed E-state index contributed by atoms with van der Waals surface area (Å²) in [6, 6.07) is 0. The maximum absolute atomic E-state index is 4.59. The molecule has 0 unspecified atom stereocenters. The molecule has 2 aliphatic rings. The Morgan fingerprint density at radius 2 is 2.36 bits per heavy atom. The third kappa shape index (κ3) is 1.06. The summed E-state index contributed by atoms with van der Waals surface area (Å²) in [7, 11) is 3.96. The molecular formula is C12H18N2. The predicted molar refractivity (Wildman–Crippen MR) is 60.2 cm³/mol. The molecule has 2 heteroatoms. The van der Waals surface area contributed by atoms with Crippen LogP contribution >= 0.6 is 0 Å². The Hall–Kier alpha value is -1.05. The first-order valence-corrected chi connectivity index (χ1v) is 5.16. The maximum Gasteiger partial charge on any atom is 0.0523 e. The molecule has 0 amide bonds. The van der Waals surface area contributed by atoms with Gasteiger partial charge in [-0.05, 0) is 12.3 Å². The van der Waals surface area contributed by atoms with Gasteiger partial charge in [0.15, 0.2) is 0 Å². The Morgan fingerprint density at radius 1 is 1.64 bits per heavy atom. The zero-order chi connectivity index (χ0) is 10.3. The molecule has 1 fully saturated rings. The molecular weight excluding hydrogens is 172 g/mol. The van der Waals surface area contributed by atoms with Crippen molar-refractivity contribution in [1.82, 2.24) is 5.01 Å². The molecule has 2 aliphatic carbocycles. The lowest BCUT2D eigenvalue weighted by Crippen LogP contribution is -2.53. The summed E-state index contributed by atoms with van der Waals surface area (Å²) < 4.78 is 0. The van der Waals surface area contributed by atoms with E-state index in [0.29, 0.717) is 11.8 Å². The zero-order valence-electron chi connectivity index (χ0n) is 9.20. The molecule has 0 aromatic carbocycles. The number of rotatable bonds is 2. The Kier molecular flexibility index (Phi) is 2.02. The minimum atomic E-state index is 0.0991. The van der Waals surface area contributed by atoms with Crippen molar-refractivity contribution in [2.45, 2.75) is 13.3 Å². The van der Waals surface area contributed by atoms with E-state index in [0.717, 1.165) is 6.42 Å². The minimum Gasteiger partial charge on any atom is -0.303 e. The second-order valence-electron chi connectivity index (χ2n) is 4.62. The van der Waals surface area contributed by atoms with Gasteiger partial charge >= 0.3 is 0 Å². The molecule has 0 heterocycles. The number of hydrogen-bond donors (Lipinski definition) is 0. The van der Waals surface area contributed by atoms with Gasteiger partial charge in [0, 0.05) is 25.4 Å². The van der Waals surface area contributed by atoms with E-state index in [1.807, 2.05) is 25.2 Å². The van der Waals surface area contributed by atoms with E-state index in [1.54, 1.807) is 0 Å². The van der Waals surface area contributed by atoms with Gasteiger partial charge in [-0.3, -0.25) is 0 Å². The second-order valence-corrected chi connectivity index (χ2v) is 4.62. The first kappa shape index (κ1) is 9.50. The van der Waals surface area contributed by atoms with Gasteiger partial charge in [-0.2, -0.15) is 5.10 Å². The highest BCUT2D eigenvalue weighted by Crippen LogP contribution is 2.54. The van der Waals surface area contributed by atoms with E-state index >= 15 is 0 Å². The third-order valence-corrected chi connectivity index (χ3v) is 3.49. The molecule has 0 aromatic rings. The Labute approximate surface area is 86.0 Å². The van der Waals surface area contributed by atoms with Gasteiger partial charge in [0.2, 0.25) is 0 Å². The predicted octanol–water partition coefficient (Wildman–Crippen LogP) is 2.30. The van der Waals surface area contributed by atoms with Crippen LogP contribution < -0.4 is 0 Å². The molecule has 0 aromatic heterocycles. The fourth-order valence-corrected chi connectivity index (χ4v) is 2.66. The summed E-state index contributed by atoms with van der Waals surface area (Å²) in [5.41, 5.74) is 1.40. The fraction of sp³-hybridized carbons (Fsp3) is 0.583. The van der Waals surface area contributed by atoms with Crippen LogP contribution in [0.1, 0.15) is 13.3 Å². The molecule has 76 valence electrons. The van der Waals surface area contributed by atoms with Crippen LogP contribution in [0.25, 0.3) is 0 Å². The number of nitrogens with zero attached hydrogens (tertiary/aromatic N) is 2. The number of hydrogen-bond acceptors (Lipinski definition) is 2. The molecule has 14 heavy (non-hydrogen) atoms. The summed E-state index contributed by atoms with van der Waals surface area (Å²) >= 11 is 0.